The van der Waals surface area contributed by atoms with Crippen LogP contribution in [-0.4, -0.2) is 33.9 Å². The Labute approximate surface area is 155 Å². The molecule has 0 aromatic heterocycles. The molecule has 0 saturated carbocycles. The van der Waals surface area contributed by atoms with Gasteiger partial charge in [0.2, 0.25) is 5.91 Å². The summed E-state index contributed by atoms with van der Waals surface area (Å²) in [5.74, 6) is -3.48. The number of benzene rings is 1. The van der Waals surface area contributed by atoms with Gasteiger partial charge in [0, 0.05) is 29.4 Å². The minimum absolute atomic E-state index is 0.0442. The van der Waals surface area contributed by atoms with Gasteiger partial charge in [0.1, 0.15) is 0 Å². The normalized spacial score (nSPS) is 14.9. The SMILES string of the molecule is CC1=C(C(=O)O)C(c2cccc(NC(=O)CCCl)c2)C(C(=O)O)=C(C)N1. The van der Waals surface area contributed by atoms with Gasteiger partial charge in [-0.1, -0.05) is 12.1 Å². The van der Waals surface area contributed by atoms with E-state index in [0.717, 1.165) is 0 Å². The van der Waals surface area contributed by atoms with Crippen LogP contribution >= 0.6 is 11.6 Å². The fraction of sp³-hybridized carbons (Fsp3) is 0.278. The van der Waals surface area contributed by atoms with E-state index in [1.165, 1.54) is 0 Å². The number of hydrogen-bond acceptors (Lipinski definition) is 4. The number of anilines is 1. The predicted molar refractivity (Wildman–Crippen MR) is 97.0 cm³/mol. The molecule has 26 heavy (non-hydrogen) atoms. The van der Waals surface area contributed by atoms with E-state index < -0.39 is 17.9 Å². The highest BCUT2D eigenvalue weighted by molar-refractivity contribution is 6.19. The number of rotatable bonds is 6. The molecule has 0 radical (unpaired) electrons. The summed E-state index contributed by atoms with van der Waals surface area (Å²) in [4.78, 5) is 35.3. The number of carbonyl (C=O) groups is 3. The molecule has 0 atom stereocenters. The van der Waals surface area contributed by atoms with E-state index in [-0.39, 0.29) is 29.4 Å². The average Bonchev–Trinajstić information content (AvgIpc) is 2.53. The highest BCUT2D eigenvalue weighted by Crippen LogP contribution is 2.38. The molecular formula is C18H19ClN2O5. The zero-order valence-corrected chi connectivity index (χ0v) is 15.1. The van der Waals surface area contributed by atoms with E-state index in [1.54, 1.807) is 38.1 Å². The van der Waals surface area contributed by atoms with E-state index in [4.69, 9.17) is 11.6 Å². The molecule has 1 aromatic carbocycles. The van der Waals surface area contributed by atoms with Gasteiger partial charge in [-0.25, -0.2) is 9.59 Å². The minimum Gasteiger partial charge on any atom is -0.478 e. The van der Waals surface area contributed by atoms with Crippen LogP contribution in [0.2, 0.25) is 0 Å². The quantitative estimate of drug-likeness (QED) is 0.565. The van der Waals surface area contributed by atoms with Crippen LogP contribution in [0.5, 0.6) is 0 Å². The molecule has 0 spiro atoms. The second-order valence-electron chi connectivity index (χ2n) is 5.86. The van der Waals surface area contributed by atoms with Crippen molar-refractivity contribution in [3.05, 3.63) is 52.4 Å². The Bertz CT molecular complexity index is 793. The maximum Gasteiger partial charge on any atom is 0.334 e. The molecule has 138 valence electrons. The summed E-state index contributed by atoms with van der Waals surface area (Å²) in [7, 11) is 0. The third-order valence-corrected chi connectivity index (χ3v) is 4.24. The predicted octanol–water partition coefficient (Wildman–Crippen LogP) is 2.66. The van der Waals surface area contributed by atoms with Crippen LogP contribution < -0.4 is 10.6 Å². The van der Waals surface area contributed by atoms with Crippen molar-refractivity contribution in [3.63, 3.8) is 0 Å². The second kappa shape index (κ2) is 8.05. The number of allylic oxidation sites excluding steroid dienone is 2. The number of carboxylic acid groups (broad SMARTS) is 2. The van der Waals surface area contributed by atoms with Gasteiger partial charge in [-0.15, -0.1) is 11.6 Å². The van der Waals surface area contributed by atoms with Crippen LogP contribution in [0.1, 0.15) is 31.7 Å². The van der Waals surface area contributed by atoms with Crippen LogP contribution in [0.25, 0.3) is 0 Å². The first-order chi connectivity index (χ1) is 12.3. The first kappa shape index (κ1) is 19.5. The van der Waals surface area contributed by atoms with Crippen molar-refractivity contribution in [3.8, 4) is 0 Å². The van der Waals surface area contributed by atoms with Crippen molar-refractivity contribution in [2.75, 3.05) is 11.2 Å². The molecule has 7 nitrogen and oxygen atoms in total. The highest BCUT2D eigenvalue weighted by atomic mass is 35.5. The average molecular weight is 379 g/mol. The molecule has 0 aliphatic carbocycles. The monoisotopic (exact) mass is 378 g/mol. The van der Waals surface area contributed by atoms with Crippen molar-refractivity contribution >= 4 is 35.1 Å². The molecule has 1 aromatic rings. The minimum atomic E-state index is -1.21. The molecule has 4 N–H and O–H groups in total. The van der Waals surface area contributed by atoms with Crippen molar-refractivity contribution in [2.24, 2.45) is 0 Å². The van der Waals surface area contributed by atoms with Crippen molar-refractivity contribution < 1.29 is 24.6 Å². The Morgan fingerprint density at radius 3 is 2.19 bits per heavy atom. The number of carboxylic acids is 2. The Balaban J connectivity index is 2.54. The molecular weight excluding hydrogens is 360 g/mol. The fourth-order valence-electron chi connectivity index (χ4n) is 3.00. The zero-order valence-electron chi connectivity index (χ0n) is 14.3. The largest absolute Gasteiger partial charge is 0.478 e. The van der Waals surface area contributed by atoms with Gasteiger partial charge >= 0.3 is 11.9 Å². The van der Waals surface area contributed by atoms with Gasteiger partial charge in [-0.05, 0) is 31.5 Å². The third kappa shape index (κ3) is 4.05. The van der Waals surface area contributed by atoms with Gasteiger partial charge in [0.15, 0.2) is 0 Å². The lowest BCUT2D eigenvalue weighted by atomic mass is 9.80. The fourth-order valence-corrected chi connectivity index (χ4v) is 3.17. The van der Waals surface area contributed by atoms with Crippen molar-refractivity contribution in [1.82, 2.24) is 5.32 Å². The Kier molecular flexibility index (Phi) is 6.05. The van der Waals surface area contributed by atoms with Gasteiger partial charge in [-0.2, -0.15) is 0 Å². The smallest absolute Gasteiger partial charge is 0.334 e. The number of dihydropyridines is 1. The van der Waals surface area contributed by atoms with E-state index in [9.17, 15) is 24.6 Å². The van der Waals surface area contributed by atoms with Crippen LogP contribution in [0, 0.1) is 0 Å². The van der Waals surface area contributed by atoms with Crippen LogP contribution in [0.3, 0.4) is 0 Å². The van der Waals surface area contributed by atoms with Crippen molar-refractivity contribution in [2.45, 2.75) is 26.2 Å². The Morgan fingerprint density at radius 2 is 1.69 bits per heavy atom. The summed E-state index contributed by atoms with van der Waals surface area (Å²) in [6.45, 7) is 3.18. The Hall–Kier alpha value is -2.80. The summed E-state index contributed by atoms with van der Waals surface area (Å²) in [6.07, 6.45) is 0.137. The summed E-state index contributed by atoms with van der Waals surface area (Å²) < 4.78 is 0. The van der Waals surface area contributed by atoms with Crippen LogP contribution in [0.4, 0.5) is 5.69 Å². The summed E-state index contributed by atoms with van der Waals surface area (Å²) in [6, 6.07) is 6.50. The van der Waals surface area contributed by atoms with Gasteiger partial charge in [0.05, 0.1) is 17.1 Å². The van der Waals surface area contributed by atoms with Gasteiger partial charge < -0.3 is 20.8 Å². The molecule has 1 aliphatic heterocycles. The van der Waals surface area contributed by atoms with Crippen molar-refractivity contribution in [1.29, 1.82) is 0 Å². The molecule has 1 amide bonds. The van der Waals surface area contributed by atoms with Gasteiger partial charge in [0.25, 0.3) is 0 Å². The molecule has 0 saturated heterocycles. The molecule has 1 aliphatic rings. The third-order valence-electron chi connectivity index (χ3n) is 4.05. The van der Waals surface area contributed by atoms with E-state index in [1.807, 2.05) is 0 Å². The molecule has 1 heterocycles. The molecule has 2 rings (SSSR count). The van der Waals surface area contributed by atoms with E-state index in [2.05, 4.69) is 10.6 Å². The lowest BCUT2D eigenvalue weighted by Gasteiger charge is -2.29. The van der Waals surface area contributed by atoms with Crippen LogP contribution in [-0.2, 0) is 14.4 Å². The van der Waals surface area contributed by atoms with Gasteiger partial charge in [-0.3, -0.25) is 4.79 Å². The standard InChI is InChI=1S/C18H19ClN2O5/c1-9-14(17(23)24)16(15(18(25)26)10(2)20-9)11-4-3-5-12(8-11)21-13(22)6-7-19/h3-5,8,16,20H,6-7H2,1-2H3,(H,21,22)(H,23,24)(H,25,26). The lowest BCUT2D eigenvalue weighted by Crippen LogP contribution is -2.31. The second-order valence-corrected chi connectivity index (χ2v) is 6.24. The first-order valence-corrected chi connectivity index (χ1v) is 8.40. The maximum absolute atomic E-state index is 11.8. The number of alkyl halides is 1. The van der Waals surface area contributed by atoms with E-state index >= 15 is 0 Å². The first-order valence-electron chi connectivity index (χ1n) is 7.87. The number of nitrogens with one attached hydrogen (secondary N) is 2. The topological polar surface area (TPSA) is 116 Å². The van der Waals surface area contributed by atoms with E-state index in [0.29, 0.717) is 22.6 Å². The molecule has 8 heteroatoms. The summed E-state index contributed by atoms with van der Waals surface area (Å²) in [5.41, 5.74) is 1.57. The number of aliphatic carboxylic acids is 2. The lowest BCUT2D eigenvalue weighted by molar-refractivity contribution is -0.133. The van der Waals surface area contributed by atoms with Crippen LogP contribution in [0.15, 0.2) is 46.8 Å². The molecule has 0 bridgehead atoms. The number of hydrogen-bond donors (Lipinski definition) is 4. The number of halogens is 1. The molecule has 0 unspecified atom stereocenters. The summed E-state index contributed by atoms with van der Waals surface area (Å²) in [5, 5.41) is 24.7. The summed E-state index contributed by atoms with van der Waals surface area (Å²) >= 11 is 5.55. The molecule has 0 fully saturated rings. The number of carbonyl (C=O) groups excluding carboxylic acids is 1. The zero-order chi connectivity index (χ0) is 19.4. The number of amides is 1. The maximum atomic E-state index is 11.8. The Morgan fingerprint density at radius 1 is 1.12 bits per heavy atom. The highest BCUT2D eigenvalue weighted by Gasteiger charge is 2.36.